The van der Waals surface area contributed by atoms with E-state index in [9.17, 15) is 8.42 Å². The van der Waals surface area contributed by atoms with Crippen LogP contribution < -0.4 is 9.46 Å². The summed E-state index contributed by atoms with van der Waals surface area (Å²) < 4.78 is 33.8. The average molecular weight is 409 g/mol. The van der Waals surface area contributed by atoms with Gasteiger partial charge in [0.25, 0.3) is 0 Å². The number of ether oxygens (including phenoxy) is 1. The fraction of sp³-hybridized carbons (Fsp3) is 0.571. The summed E-state index contributed by atoms with van der Waals surface area (Å²) in [5, 5.41) is 0. The second kappa shape index (κ2) is 6.62. The van der Waals surface area contributed by atoms with E-state index in [1.807, 2.05) is 0 Å². The number of halogens is 1. The first-order valence-electron chi connectivity index (χ1n) is 6.80. The fourth-order valence-corrected chi connectivity index (χ4v) is 4.52. The zero-order chi connectivity index (χ0) is 14.8. The Hall–Kier alpha value is -0.340. The van der Waals surface area contributed by atoms with Gasteiger partial charge < -0.3 is 4.74 Å². The maximum atomic E-state index is 12.5. The van der Waals surface area contributed by atoms with Crippen LogP contribution in [0.1, 0.15) is 32.6 Å². The number of sulfonamides is 1. The summed E-state index contributed by atoms with van der Waals surface area (Å²) in [6.45, 7) is 2.11. The summed E-state index contributed by atoms with van der Waals surface area (Å²) in [6.07, 6.45) is 4.29. The SMILES string of the molecule is COc1cc(S(=O)(=O)N[C@@H]2CCCC[C@@H]2C)ccc1I. The standard InChI is InChI=1S/C14H20INO3S/c1-10-5-3-4-6-13(10)16-20(17,18)11-7-8-12(15)14(9-11)19-2/h7-10,13,16H,3-6H2,1-2H3/t10-,13+/m0/s1. The van der Waals surface area contributed by atoms with Gasteiger partial charge in [0.1, 0.15) is 5.75 Å². The number of nitrogens with one attached hydrogen (secondary N) is 1. The lowest BCUT2D eigenvalue weighted by molar-refractivity contribution is 0.310. The van der Waals surface area contributed by atoms with Crippen molar-refractivity contribution in [3.8, 4) is 5.75 Å². The van der Waals surface area contributed by atoms with E-state index < -0.39 is 10.0 Å². The summed E-state index contributed by atoms with van der Waals surface area (Å²) in [7, 11) is -1.93. The summed E-state index contributed by atoms with van der Waals surface area (Å²) >= 11 is 2.12. The Morgan fingerprint density at radius 1 is 1.30 bits per heavy atom. The molecule has 0 amide bonds. The van der Waals surface area contributed by atoms with Crippen LogP contribution in [0.3, 0.4) is 0 Å². The van der Waals surface area contributed by atoms with Crippen molar-refractivity contribution in [2.24, 2.45) is 5.92 Å². The van der Waals surface area contributed by atoms with E-state index in [0.717, 1.165) is 22.8 Å². The average Bonchev–Trinajstić information content (AvgIpc) is 2.41. The van der Waals surface area contributed by atoms with E-state index in [1.165, 1.54) is 6.42 Å². The molecule has 0 bridgehead atoms. The van der Waals surface area contributed by atoms with E-state index in [1.54, 1.807) is 25.3 Å². The van der Waals surface area contributed by atoms with Crippen molar-refractivity contribution in [1.29, 1.82) is 0 Å². The lowest BCUT2D eigenvalue weighted by Gasteiger charge is -2.29. The number of methoxy groups -OCH3 is 1. The second-order valence-corrected chi connectivity index (χ2v) is 8.16. The molecule has 0 aromatic heterocycles. The van der Waals surface area contributed by atoms with Crippen molar-refractivity contribution >= 4 is 32.6 Å². The predicted octanol–water partition coefficient (Wildman–Crippen LogP) is 3.16. The molecule has 0 unspecified atom stereocenters. The molecule has 0 radical (unpaired) electrons. The molecule has 1 saturated carbocycles. The van der Waals surface area contributed by atoms with Crippen LogP contribution in [0.25, 0.3) is 0 Å². The van der Waals surface area contributed by atoms with E-state index in [2.05, 4.69) is 34.2 Å². The Morgan fingerprint density at radius 2 is 2.00 bits per heavy atom. The van der Waals surface area contributed by atoms with Crippen molar-refractivity contribution in [3.63, 3.8) is 0 Å². The zero-order valence-corrected chi connectivity index (χ0v) is 14.7. The maximum Gasteiger partial charge on any atom is 0.240 e. The van der Waals surface area contributed by atoms with Gasteiger partial charge in [-0.2, -0.15) is 0 Å². The third kappa shape index (κ3) is 3.65. The van der Waals surface area contributed by atoms with E-state index in [-0.39, 0.29) is 10.9 Å². The predicted molar refractivity (Wildman–Crippen MR) is 87.5 cm³/mol. The maximum absolute atomic E-state index is 12.5. The van der Waals surface area contributed by atoms with Crippen molar-refractivity contribution in [2.45, 2.75) is 43.5 Å². The second-order valence-electron chi connectivity index (χ2n) is 5.29. The Kier molecular flexibility index (Phi) is 5.30. The van der Waals surface area contributed by atoms with Crippen molar-refractivity contribution < 1.29 is 13.2 Å². The van der Waals surface area contributed by atoms with Gasteiger partial charge in [-0.25, -0.2) is 13.1 Å². The molecule has 0 spiro atoms. The van der Waals surface area contributed by atoms with Crippen LogP contribution in [-0.4, -0.2) is 21.6 Å². The molecule has 0 heterocycles. The Bertz CT molecular complexity index is 574. The van der Waals surface area contributed by atoms with Gasteiger partial charge in [-0.05, 0) is 53.5 Å². The van der Waals surface area contributed by atoms with Crippen molar-refractivity contribution in [1.82, 2.24) is 4.72 Å². The lowest BCUT2D eigenvalue weighted by Crippen LogP contribution is -2.40. The van der Waals surface area contributed by atoms with Crippen molar-refractivity contribution in [2.75, 3.05) is 7.11 Å². The largest absolute Gasteiger partial charge is 0.496 e. The van der Waals surface area contributed by atoms with Crippen LogP contribution in [0.2, 0.25) is 0 Å². The van der Waals surface area contributed by atoms with Gasteiger partial charge in [0, 0.05) is 12.1 Å². The number of hydrogen-bond acceptors (Lipinski definition) is 3. The molecule has 2 rings (SSSR count). The minimum absolute atomic E-state index is 0.0408. The Balaban J connectivity index is 2.21. The molecule has 1 aromatic rings. The Morgan fingerprint density at radius 3 is 2.65 bits per heavy atom. The molecular formula is C14H20INO3S. The normalized spacial score (nSPS) is 23.6. The number of hydrogen-bond donors (Lipinski definition) is 1. The molecule has 112 valence electrons. The van der Waals surface area contributed by atoms with Crippen LogP contribution in [-0.2, 0) is 10.0 Å². The molecular weight excluding hydrogens is 389 g/mol. The molecule has 20 heavy (non-hydrogen) atoms. The highest BCUT2D eigenvalue weighted by Crippen LogP contribution is 2.27. The molecule has 1 aliphatic carbocycles. The number of rotatable bonds is 4. The smallest absolute Gasteiger partial charge is 0.240 e. The van der Waals surface area contributed by atoms with Crippen LogP contribution in [0.5, 0.6) is 5.75 Å². The first-order chi connectivity index (χ1) is 9.44. The molecule has 4 nitrogen and oxygen atoms in total. The summed E-state index contributed by atoms with van der Waals surface area (Å²) in [6, 6.07) is 5.01. The van der Waals surface area contributed by atoms with Gasteiger partial charge >= 0.3 is 0 Å². The van der Waals surface area contributed by atoms with Gasteiger partial charge in [-0.1, -0.05) is 19.8 Å². The van der Waals surface area contributed by atoms with Crippen LogP contribution >= 0.6 is 22.6 Å². The third-order valence-corrected chi connectivity index (χ3v) is 6.23. The quantitative estimate of drug-likeness (QED) is 0.778. The molecule has 1 aliphatic rings. The zero-order valence-electron chi connectivity index (χ0n) is 11.7. The monoisotopic (exact) mass is 409 g/mol. The van der Waals surface area contributed by atoms with E-state index in [4.69, 9.17) is 4.74 Å². The van der Waals surface area contributed by atoms with Gasteiger partial charge in [-0.15, -0.1) is 0 Å². The summed E-state index contributed by atoms with van der Waals surface area (Å²) in [5.41, 5.74) is 0. The lowest BCUT2D eigenvalue weighted by atomic mass is 9.87. The van der Waals surface area contributed by atoms with Crippen LogP contribution in [0.15, 0.2) is 23.1 Å². The first kappa shape index (κ1) is 16.0. The molecule has 1 fully saturated rings. The molecule has 6 heteroatoms. The topological polar surface area (TPSA) is 55.4 Å². The highest BCUT2D eigenvalue weighted by molar-refractivity contribution is 14.1. The van der Waals surface area contributed by atoms with Crippen LogP contribution in [0.4, 0.5) is 0 Å². The van der Waals surface area contributed by atoms with E-state index in [0.29, 0.717) is 11.7 Å². The minimum Gasteiger partial charge on any atom is -0.496 e. The molecule has 0 saturated heterocycles. The van der Waals surface area contributed by atoms with Crippen molar-refractivity contribution in [3.05, 3.63) is 21.8 Å². The van der Waals surface area contributed by atoms with Gasteiger partial charge in [0.15, 0.2) is 0 Å². The molecule has 1 aromatic carbocycles. The highest BCUT2D eigenvalue weighted by atomic mass is 127. The Labute approximate surface area is 134 Å². The summed E-state index contributed by atoms with van der Waals surface area (Å²) in [5.74, 6) is 0.981. The fourth-order valence-electron chi connectivity index (χ4n) is 2.57. The van der Waals surface area contributed by atoms with Gasteiger partial charge in [0.05, 0.1) is 15.6 Å². The third-order valence-electron chi connectivity index (χ3n) is 3.85. The number of benzene rings is 1. The molecule has 1 N–H and O–H groups in total. The molecule has 2 atom stereocenters. The van der Waals surface area contributed by atoms with E-state index >= 15 is 0 Å². The van der Waals surface area contributed by atoms with Gasteiger partial charge in [0.2, 0.25) is 10.0 Å². The van der Waals surface area contributed by atoms with Crippen LogP contribution in [0, 0.1) is 9.49 Å². The van der Waals surface area contributed by atoms with Gasteiger partial charge in [-0.3, -0.25) is 0 Å². The highest BCUT2D eigenvalue weighted by Gasteiger charge is 2.27. The first-order valence-corrected chi connectivity index (χ1v) is 9.36. The molecule has 0 aliphatic heterocycles. The summed E-state index contributed by atoms with van der Waals surface area (Å²) in [4.78, 5) is 0.271. The minimum atomic E-state index is -3.48.